The van der Waals surface area contributed by atoms with Gasteiger partial charge < -0.3 is 4.74 Å². The first-order valence-corrected chi connectivity index (χ1v) is 5.57. The Morgan fingerprint density at radius 2 is 1.72 bits per heavy atom. The van der Waals surface area contributed by atoms with Crippen LogP contribution in [0.5, 0.6) is 5.75 Å². The Morgan fingerprint density at radius 1 is 1.06 bits per heavy atom. The highest BCUT2D eigenvalue weighted by atomic mass is 16.7. The van der Waals surface area contributed by atoms with Gasteiger partial charge in [-0.15, -0.1) is 0 Å². The average molecular weight is 245 g/mol. The van der Waals surface area contributed by atoms with Gasteiger partial charge in [-0.3, -0.25) is 9.63 Å². The molecule has 0 fully saturated rings. The predicted octanol–water partition coefficient (Wildman–Crippen LogP) is 2.48. The summed E-state index contributed by atoms with van der Waals surface area (Å²) in [6.07, 6.45) is 0. The minimum atomic E-state index is -0.184. The SMILES string of the molecule is COc1ccc(C(=O)N(C)OC)c2ccccc12. The van der Waals surface area contributed by atoms with E-state index in [1.807, 2.05) is 24.3 Å². The van der Waals surface area contributed by atoms with Crippen LogP contribution in [0.4, 0.5) is 0 Å². The third-order valence-electron chi connectivity index (χ3n) is 2.89. The van der Waals surface area contributed by atoms with Crippen molar-refractivity contribution in [2.24, 2.45) is 0 Å². The first-order valence-electron chi connectivity index (χ1n) is 5.57. The van der Waals surface area contributed by atoms with Crippen LogP contribution in [0.2, 0.25) is 0 Å². The molecule has 0 aliphatic heterocycles. The van der Waals surface area contributed by atoms with Crippen LogP contribution in [-0.4, -0.2) is 32.2 Å². The summed E-state index contributed by atoms with van der Waals surface area (Å²) in [5.74, 6) is 0.568. The second-order valence-electron chi connectivity index (χ2n) is 3.85. The normalized spacial score (nSPS) is 10.4. The van der Waals surface area contributed by atoms with Crippen molar-refractivity contribution in [1.29, 1.82) is 0 Å². The molecule has 94 valence electrons. The summed E-state index contributed by atoms with van der Waals surface area (Å²) >= 11 is 0. The van der Waals surface area contributed by atoms with E-state index in [4.69, 9.17) is 9.57 Å². The van der Waals surface area contributed by atoms with E-state index in [9.17, 15) is 4.79 Å². The molecule has 0 saturated heterocycles. The number of carbonyl (C=O) groups is 1. The predicted molar refractivity (Wildman–Crippen MR) is 69.6 cm³/mol. The standard InChI is InChI=1S/C14H15NO3/c1-15(18-3)14(16)12-8-9-13(17-2)11-7-5-4-6-10(11)12/h4-9H,1-3H3. The minimum Gasteiger partial charge on any atom is -0.496 e. The molecule has 0 heterocycles. The Bertz CT molecular complexity index is 580. The Labute approximate surface area is 106 Å². The highest BCUT2D eigenvalue weighted by molar-refractivity contribution is 6.08. The van der Waals surface area contributed by atoms with Crippen molar-refractivity contribution in [3.05, 3.63) is 42.0 Å². The molecule has 4 heteroatoms. The molecule has 1 amide bonds. The van der Waals surface area contributed by atoms with Crippen LogP contribution in [-0.2, 0) is 4.84 Å². The highest BCUT2D eigenvalue weighted by Gasteiger charge is 2.16. The number of rotatable bonds is 3. The molecule has 2 aromatic carbocycles. The molecule has 0 atom stereocenters. The van der Waals surface area contributed by atoms with E-state index in [0.717, 1.165) is 16.5 Å². The fourth-order valence-electron chi connectivity index (χ4n) is 1.89. The van der Waals surface area contributed by atoms with Gasteiger partial charge in [-0.2, -0.15) is 0 Å². The molecule has 0 bridgehead atoms. The van der Waals surface area contributed by atoms with E-state index >= 15 is 0 Å². The quantitative estimate of drug-likeness (QED) is 0.780. The zero-order valence-corrected chi connectivity index (χ0v) is 10.6. The number of ether oxygens (including phenoxy) is 1. The fraction of sp³-hybridized carbons (Fsp3) is 0.214. The lowest BCUT2D eigenvalue weighted by Gasteiger charge is -2.16. The summed E-state index contributed by atoms with van der Waals surface area (Å²) in [7, 11) is 4.66. The fourth-order valence-corrected chi connectivity index (χ4v) is 1.89. The molecule has 0 saturated carbocycles. The van der Waals surface area contributed by atoms with Gasteiger partial charge in [0, 0.05) is 18.0 Å². The number of fused-ring (bicyclic) bond motifs is 1. The average Bonchev–Trinajstić information content (AvgIpc) is 2.44. The van der Waals surface area contributed by atoms with Crippen LogP contribution in [0.25, 0.3) is 10.8 Å². The summed E-state index contributed by atoms with van der Waals surface area (Å²) in [4.78, 5) is 17.1. The topological polar surface area (TPSA) is 38.8 Å². The number of carbonyl (C=O) groups excluding carboxylic acids is 1. The molecule has 4 nitrogen and oxygen atoms in total. The van der Waals surface area contributed by atoms with Gasteiger partial charge in [-0.1, -0.05) is 24.3 Å². The van der Waals surface area contributed by atoms with Crippen LogP contribution in [0.1, 0.15) is 10.4 Å². The van der Waals surface area contributed by atoms with E-state index in [1.165, 1.54) is 12.2 Å². The third kappa shape index (κ3) is 2.02. The molecular formula is C14H15NO3. The molecule has 0 radical (unpaired) electrons. The second-order valence-corrected chi connectivity index (χ2v) is 3.85. The maximum absolute atomic E-state index is 12.1. The van der Waals surface area contributed by atoms with Gasteiger partial charge in [0.05, 0.1) is 14.2 Å². The Morgan fingerprint density at radius 3 is 2.33 bits per heavy atom. The number of hydroxylamine groups is 2. The lowest BCUT2D eigenvalue weighted by molar-refractivity contribution is -0.0755. The van der Waals surface area contributed by atoms with Crippen LogP contribution >= 0.6 is 0 Å². The van der Waals surface area contributed by atoms with Gasteiger partial charge in [0.2, 0.25) is 0 Å². The first kappa shape index (κ1) is 12.4. The van der Waals surface area contributed by atoms with Gasteiger partial charge in [0.15, 0.2) is 0 Å². The first-order chi connectivity index (χ1) is 8.69. The summed E-state index contributed by atoms with van der Waals surface area (Å²) in [6, 6.07) is 11.2. The van der Waals surface area contributed by atoms with Crippen LogP contribution < -0.4 is 4.74 Å². The molecular weight excluding hydrogens is 230 g/mol. The molecule has 0 N–H and O–H groups in total. The Hall–Kier alpha value is -2.07. The summed E-state index contributed by atoms with van der Waals surface area (Å²) in [6.45, 7) is 0. The molecule has 0 aliphatic carbocycles. The monoisotopic (exact) mass is 245 g/mol. The molecule has 0 unspecified atom stereocenters. The summed E-state index contributed by atoms with van der Waals surface area (Å²) in [5.41, 5.74) is 0.593. The van der Waals surface area contributed by atoms with Crippen LogP contribution in [0.3, 0.4) is 0 Å². The maximum atomic E-state index is 12.1. The van der Waals surface area contributed by atoms with Crippen molar-refractivity contribution in [2.75, 3.05) is 21.3 Å². The Balaban J connectivity index is 2.63. The number of benzene rings is 2. The third-order valence-corrected chi connectivity index (χ3v) is 2.89. The lowest BCUT2D eigenvalue weighted by atomic mass is 10.0. The second kappa shape index (κ2) is 5.06. The van der Waals surface area contributed by atoms with Gasteiger partial charge in [0.25, 0.3) is 5.91 Å². The number of nitrogens with zero attached hydrogens (tertiary/aromatic N) is 1. The number of hydrogen-bond acceptors (Lipinski definition) is 3. The Kier molecular flexibility index (Phi) is 3.48. The van der Waals surface area contributed by atoms with Crippen molar-refractivity contribution in [1.82, 2.24) is 5.06 Å². The van der Waals surface area contributed by atoms with E-state index in [2.05, 4.69) is 0 Å². The van der Waals surface area contributed by atoms with Crippen molar-refractivity contribution in [3.8, 4) is 5.75 Å². The van der Waals surface area contributed by atoms with Crippen LogP contribution in [0, 0.1) is 0 Å². The zero-order valence-electron chi connectivity index (χ0n) is 10.6. The number of methoxy groups -OCH3 is 1. The molecule has 0 aromatic heterocycles. The van der Waals surface area contributed by atoms with Crippen LogP contribution in [0.15, 0.2) is 36.4 Å². The van der Waals surface area contributed by atoms with E-state index in [-0.39, 0.29) is 5.91 Å². The number of amides is 1. The van der Waals surface area contributed by atoms with Gasteiger partial charge in [0.1, 0.15) is 5.75 Å². The smallest absolute Gasteiger partial charge is 0.277 e. The van der Waals surface area contributed by atoms with Crippen molar-refractivity contribution in [3.63, 3.8) is 0 Å². The van der Waals surface area contributed by atoms with E-state index < -0.39 is 0 Å². The maximum Gasteiger partial charge on any atom is 0.277 e. The van der Waals surface area contributed by atoms with Crippen molar-refractivity contribution in [2.45, 2.75) is 0 Å². The highest BCUT2D eigenvalue weighted by Crippen LogP contribution is 2.28. The van der Waals surface area contributed by atoms with Crippen molar-refractivity contribution < 1.29 is 14.4 Å². The summed E-state index contributed by atoms with van der Waals surface area (Å²) < 4.78 is 5.29. The zero-order chi connectivity index (χ0) is 13.1. The van der Waals surface area contributed by atoms with Gasteiger partial charge in [-0.05, 0) is 17.5 Å². The van der Waals surface area contributed by atoms with Gasteiger partial charge in [-0.25, -0.2) is 5.06 Å². The minimum absolute atomic E-state index is 0.184. The molecule has 2 aromatic rings. The summed E-state index contributed by atoms with van der Waals surface area (Å²) in [5, 5.41) is 2.97. The molecule has 0 aliphatic rings. The van der Waals surface area contributed by atoms with E-state index in [0.29, 0.717) is 5.56 Å². The van der Waals surface area contributed by atoms with Crippen molar-refractivity contribution >= 4 is 16.7 Å². The lowest BCUT2D eigenvalue weighted by Crippen LogP contribution is -2.25. The van der Waals surface area contributed by atoms with E-state index in [1.54, 1.807) is 26.3 Å². The molecule has 18 heavy (non-hydrogen) atoms. The largest absolute Gasteiger partial charge is 0.496 e. The number of hydrogen-bond donors (Lipinski definition) is 0. The molecule has 2 rings (SSSR count). The van der Waals surface area contributed by atoms with Gasteiger partial charge >= 0.3 is 0 Å². The molecule has 0 spiro atoms.